The van der Waals surface area contributed by atoms with Crippen LogP contribution in [0, 0.1) is 0 Å². The Morgan fingerprint density at radius 1 is 0.381 bits per heavy atom. The average Bonchev–Trinajstić information content (AvgIpc) is 0.845. The maximum Gasteiger partial charge on any atom is 0.220 e. The van der Waals surface area contributed by atoms with Crippen molar-refractivity contribution in [1.29, 1.82) is 0 Å². The number of rotatable bonds is 59. The van der Waals surface area contributed by atoms with Gasteiger partial charge in [-0.1, -0.05) is 279 Å². The van der Waals surface area contributed by atoms with E-state index in [1.807, 2.05) is 6.08 Å². The van der Waals surface area contributed by atoms with Gasteiger partial charge in [-0.2, -0.15) is 0 Å². The van der Waals surface area contributed by atoms with Gasteiger partial charge in [-0.15, -0.1) is 0 Å². The lowest BCUT2D eigenvalue weighted by molar-refractivity contribution is -0.379. The van der Waals surface area contributed by atoms with Crippen LogP contribution in [0.2, 0.25) is 0 Å². The highest BCUT2D eigenvalue weighted by molar-refractivity contribution is 5.76. The van der Waals surface area contributed by atoms with Gasteiger partial charge in [-0.05, 0) is 70.6 Å². The average molecular weight is 1380 g/mol. The normalized spacial score (nSPS) is 27.4. The molecule has 12 N–H and O–H groups in total. The summed E-state index contributed by atoms with van der Waals surface area (Å²) in [4.78, 5) is 13.5. The van der Waals surface area contributed by atoms with E-state index in [1.165, 1.54) is 154 Å². The largest absolute Gasteiger partial charge is 0.394 e. The molecule has 0 aromatic heterocycles. The van der Waals surface area contributed by atoms with Crippen molar-refractivity contribution in [2.24, 2.45) is 0 Å². The molecule has 17 atom stereocenters. The summed E-state index contributed by atoms with van der Waals surface area (Å²) in [5.41, 5.74) is 0. The molecule has 0 aliphatic carbocycles. The fraction of sp³-hybridized carbons (Fsp3) is 0.808. The van der Waals surface area contributed by atoms with Gasteiger partial charge in [0.25, 0.3) is 0 Å². The van der Waals surface area contributed by atoms with Crippen LogP contribution in [0.3, 0.4) is 0 Å². The van der Waals surface area contributed by atoms with Crippen LogP contribution in [-0.2, 0) is 33.2 Å². The first-order chi connectivity index (χ1) is 47.3. The van der Waals surface area contributed by atoms with Gasteiger partial charge >= 0.3 is 0 Å². The number of carbonyl (C=O) groups is 1. The minimum absolute atomic E-state index is 0.239. The molecule has 0 bridgehead atoms. The lowest BCUT2D eigenvalue weighted by Gasteiger charge is -2.48. The molecule has 3 fully saturated rings. The minimum atomic E-state index is -1.98. The molecule has 3 rings (SSSR count). The second kappa shape index (κ2) is 58.5. The third-order valence-corrected chi connectivity index (χ3v) is 18.7. The van der Waals surface area contributed by atoms with E-state index < -0.39 is 124 Å². The van der Waals surface area contributed by atoms with E-state index in [-0.39, 0.29) is 18.9 Å². The number of aliphatic hydroxyl groups is 11. The number of carbonyl (C=O) groups excluding carboxylic acids is 1. The second-order valence-electron chi connectivity index (χ2n) is 27.1. The lowest BCUT2D eigenvalue weighted by Crippen LogP contribution is -2.66. The van der Waals surface area contributed by atoms with Crippen LogP contribution in [0.15, 0.2) is 85.1 Å². The molecule has 19 heteroatoms. The van der Waals surface area contributed by atoms with Gasteiger partial charge in [0.1, 0.15) is 73.2 Å². The zero-order valence-corrected chi connectivity index (χ0v) is 59.8. The van der Waals surface area contributed by atoms with Crippen LogP contribution in [0.5, 0.6) is 0 Å². The van der Waals surface area contributed by atoms with Gasteiger partial charge in [0, 0.05) is 6.42 Å². The number of ether oxygens (including phenoxy) is 6. The SMILES string of the molecule is CC/C=C\C/C=C\C/C=C\C/C=C\C/C=C\C/C=C\CCCCCCCCCCCCCCCCC(=O)NC(COC1OC(CO)C(OC2OC(CO)C(OC3OC(CO)C(O)C(O)C3O)C(O)C2O)C(O)C1O)C(O)/C=C/CCCCCCCCCCCCCCCCCCC. The number of hydrogen-bond acceptors (Lipinski definition) is 18. The summed E-state index contributed by atoms with van der Waals surface area (Å²) in [5, 5.41) is 121. The Morgan fingerprint density at radius 2 is 0.711 bits per heavy atom. The van der Waals surface area contributed by atoms with Gasteiger partial charge in [0.2, 0.25) is 5.91 Å². The van der Waals surface area contributed by atoms with Gasteiger partial charge in [0.05, 0.1) is 38.6 Å². The number of unbranched alkanes of at least 4 members (excludes halogenated alkanes) is 31. The third-order valence-electron chi connectivity index (χ3n) is 18.7. The summed E-state index contributed by atoms with van der Waals surface area (Å²) in [6, 6.07) is -0.978. The summed E-state index contributed by atoms with van der Waals surface area (Å²) >= 11 is 0. The van der Waals surface area contributed by atoms with Crippen LogP contribution < -0.4 is 5.32 Å². The Labute approximate surface area is 584 Å². The maximum atomic E-state index is 13.5. The fourth-order valence-electron chi connectivity index (χ4n) is 12.5. The molecule has 0 aromatic rings. The molecule has 3 saturated heterocycles. The predicted molar refractivity (Wildman–Crippen MR) is 383 cm³/mol. The molecule has 17 unspecified atom stereocenters. The molecular weight excluding hydrogens is 1240 g/mol. The maximum absolute atomic E-state index is 13.5. The molecule has 1 amide bonds. The molecule has 0 saturated carbocycles. The van der Waals surface area contributed by atoms with Crippen molar-refractivity contribution in [3.63, 3.8) is 0 Å². The molecule has 3 heterocycles. The third kappa shape index (κ3) is 39.3. The fourth-order valence-corrected chi connectivity index (χ4v) is 12.5. The van der Waals surface area contributed by atoms with Gasteiger partial charge in [-0.3, -0.25) is 4.79 Å². The monoisotopic (exact) mass is 1380 g/mol. The molecule has 3 aliphatic heterocycles. The van der Waals surface area contributed by atoms with Crippen molar-refractivity contribution in [2.75, 3.05) is 26.4 Å². The molecule has 562 valence electrons. The van der Waals surface area contributed by atoms with Crippen molar-refractivity contribution < 1.29 is 89.4 Å². The Morgan fingerprint density at radius 3 is 1.11 bits per heavy atom. The smallest absolute Gasteiger partial charge is 0.220 e. The molecule has 0 aromatic carbocycles. The highest BCUT2D eigenvalue weighted by Gasteiger charge is 2.53. The summed E-state index contributed by atoms with van der Waals surface area (Å²) in [6.07, 6.45) is 49.8. The van der Waals surface area contributed by atoms with Crippen molar-refractivity contribution in [2.45, 2.75) is 375 Å². The van der Waals surface area contributed by atoms with Crippen LogP contribution in [0.4, 0.5) is 0 Å². The van der Waals surface area contributed by atoms with E-state index in [0.29, 0.717) is 6.42 Å². The minimum Gasteiger partial charge on any atom is -0.394 e. The lowest BCUT2D eigenvalue weighted by atomic mass is 9.96. The van der Waals surface area contributed by atoms with E-state index >= 15 is 0 Å². The molecule has 3 aliphatic rings. The van der Waals surface area contributed by atoms with Gasteiger partial charge < -0.3 is 89.9 Å². The van der Waals surface area contributed by atoms with E-state index in [4.69, 9.17) is 28.4 Å². The van der Waals surface area contributed by atoms with Crippen LogP contribution in [0.25, 0.3) is 0 Å². The van der Waals surface area contributed by atoms with Gasteiger partial charge in [-0.25, -0.2) is 0 Å². The first-order valence-electron chi connectivity index (χ1n) is 38.3. The number of amides is 1. The van der Waals surface area contributed by atoms with E-state index in [1.54, 1.807) is 6.08 Å². The summed E-state index contributed by atoms with van der Waals surface area (Å²) < 4.78 is 34.4. The summed E-state index contributed by atoms with van der Waals surface area (Å²) in [7, 11) is 0. The highest BCUT2D eigenvalue weighted by atomic mass is 16.8. The number of allylic oxidation sites excluding steroid dienone is 13. The summed E-state index contributed by atoms with van der Waals surface area (Å²) in [6.45, 7) is 1.64. The van der Waals surface area contributed by atoms with Crippen LogP contribution >= 0.6 is 0 Å². The zero-order chi connectivity index (χ0) is 70.4. The molecule has 0 spiro atoms. The molecule has 19 nitrogen and oxygen atoms in total. The first-order valence-corrected chi connectivity index (χ1v) is 38.3. The standard InChI is InChI=1S/C78H137NO18/c1-3-5-7-9-11-13-15-17-19-21-23-24-25-26-27-28-29-30-31-32-33-34-35-36-38-40-42-44-46-48-50-52-54-56-66(84)79-61(62(83)55-53-51-49-47-45-43-41-39-37-22-20-18-16-14-12-10-8-6-4-2)60-92-76-72(90)69(87)74(64(58-81)94-76)97-78-73(91)70(88)75(65(59-82)95-78)96-77-71(89)68(86)67(85)63(57-80)93-77/h5,7,11,13,17,19,23-24,26-27,29-30,53,55,61-65,67-78,80-83,85-91H,3-4,6,8-10,12,14-16,18,20-22,25,28,31-52,54,56-60H2,1-2H3,(H,79,84)/b7-5-,13-11-,19-17-,24-23-,27-26-,30-29-,55-53+. The van der Waals surface area contributed by atoms with E-state index in [2.05, 4.69) is 92.1 Å². The predicted octanol–water partition coefficient (Wildman–Crippen LogP) is 11.8. The number of aliphatic hydroxyl groups excluding tert-OH is 11. The topological polar surface area (TPSA) is 307 Å². The van der Waals surface area contributed by atoms with Crippen molar-refractivity contribution in [3.05, 3.63) is 85.1 Å². The molecular formula is C78H137NO18. The highest BCUT2D eigenvalue weighted by Crippen LogP contribution is 2.33. The summed E-state index contributed by atoms with van der Waals surface area (Å²) in [5.74, 6) is -0.277. The van der Waals surface area contributed by atoms with E-state index in [0.717, 1.165) is 89.9 Å². The number of nitrogens with one attached hydrogen (secondary N) is 1. The Kier molecular flexibility index (Phi) is 53.2. The number of hydrogen-bond donors (Lipinski definition) is 12. The first kappa shape index (κ1) is 88.2. The molecule has 97 heavy (non-hydrogen) atoms. The van der Waals surface area contributed by atoms with Crippen LogP contribution in [-0.4, -0.2) is 193 Å². The van der Waals surface area contributed by atoms with Crippen molar-refractivity contribution in [3.8, 4) is 0 Å². The zero-order valence-electron chi connectivity index (χ0n) is 59.8. The Hall–Kier alpha value is -3.03. The van der Waals surface area contributed by atoms with Crippen molar-refractivity contribution >= 4 is 5.91 Å². The van der Waals surface area contributed by atoms with Gasteiger partial charge in [0.15, 0.2) is 18.9 Å². The second-order valence-corrected chi connectivity index (χ2v) is 27.1. The van der Waals surface area contributed by atoms with Crippen molar-refractivity contribution in [1.82, 2.24) is 5.32 Å². The van der Waals surface area contributed by atoms with E-state index in [9.17, 15) is 61.0 Å². The Balaban J connectivity index is 1.37. The molecule has 0 radical (unpaired) electrons. The van der Waals surface area contributed by atoms with Crippen LogP contribution in [0.1, 0.15) is 271 Å². The Bertz CT molecular complexity index is 2080. The quantitative estimate of drug-likeness (QED) is 0.0199.